The molecule has 3 unspecified atom stereocenters. The summed E-state index contributed by atoms with van der Waals surface area (Å²) in [4.78, 5) is 24.0. The van der Waals surface area contributed by atoms with Crippen LogP contribution in [0.15, 0.2) is 53.1 Å². The largest absolute Gasteiger partial charge is 0.426 e. The molecule has 3 heterocycles. The summed E-state index contributed by atoms with van der Waals surface area (Å²) in [7, 11) is 0. The summed E-state index contributed by atoms with van der Waals surface area (Å²) >= 11 is 6.72. The second-order valence-corrected chi connectivity index (χ2v) is 10.8. The molecule has 1 saturated heterocycles. The van der Waals surface area contributed by atoms with Gasteiger partial charge >= 0.3 is 6.01 Å². The molecule has 2 aromatic rings. The number of carbonyl (C=O) groups is 1. The summed E-state index contributed by atoms with van der Waals surface area (Å²) in [5, 5.41) is 13.2. The molecule has 9 heteroatoms. The molecule has 5 rings (SSSR count). The summed E-state index contributed by atoms with van der Waals surface area (Å²) in [6, 6.07) is 7.72. The minimum absolute atomic E-state index is 0.0837. The van der Waals surface area contributed by atoms with Crippen molar-refractivity contribution < 1.29 is 19.4 Å². The van der Waals surface area contributed by atoms with Crippen LogP contribution >= 0.6 is 11.6 Å². The maximum atomic E-state index is 11.5. The van der Waals surface area contributed by atoms with Gasteiger partial charge in [-0.2, -0.15) is 4.98 Å². The van der Waals surface area contributed by atoms with E-state index in [1.165, 1.54) is 6.92 Å². The molecule has 3 N–H and O–H groups in total. The van der Waals surface area contributed by atoms with Crippen LogP contribution in [-0.2, 0) is 15.1 Å². The third kappa shape index (κ3) is 4.73. The molecule has 3 atom stereocenters. The molecule has 1 fully saturated rings. The Morgan fingerprint density at radius 3 is 2.67 bits per heavy atom. The van der Waals surface area contributed by atoms with Crippen LogP contribution < -0.4 is 20.9 Å². The number of alkyl halides is 1. The third-order valence-corrected chi connectivity index (χ3v) is 7.52. The average Bonchev–Trinajstić information content (AvgIpc) is 3.19. The topological polar surface area (TPSA) is 109 Å². The molecular weight excluding hydrogens is 480 g/mol. The Balaban J connectivity index is 1.29. The number of rotatable bonds is 7. The first-order chi connectivity index (χ1) is 17.2. The van der Waals surface area contributed by atoms with E-state index in [2.05, 4.69) is 33.5 Å². The zero-order valence-corrected chi connectivity index (χ0v) is 21.4. The standard InChI is InChI=1S/C27H31ClN4O4/c1-16(34)32-26(2,3)18-8-10-20(11-9-18)36-25-29-22-12-21(28)23(30-24(22)31-25)17-4-6-19(7-5-17)27(13-33)14-35-15-27/h4,6-12,17,21,23,33H,5,13-15H2,1-3H3,(H,32,34)(H,29,30,31). The minimum Gasteiger partial charge on any atom is -0.426 e. The number of aliphatic hydroxyl groups is 1. The lowest BCUT2D eigenvalue weighted by atomic mass is 9.75. The Kier molecular flexibility index (Phi) is 6.53. The van der Waals surface area contributed by atoms with Crippen LogP contribution in [-0.4, -0.2) is 52.2 Å². The Morgan fingerprint density at radius 1 is 1.33 bits per heavy atom. The number of aromatic nitrogens is 2. The van der Waals surface area contributed by atoms with Crippen molar-refractivity contribution in [2.75, 3.05) is 19.8 Å². The van der Waals surface area contributed by atoms with E-state index in [-0.39, 0.29) is 35.3 Å². The SMILES string of the molecule is CC(=O)NC(C)(C)c1ccc(Oc2nc3c([nH]2)=CC(Cl)C(C2C=CC(C4(CO)COC4)=CC2)N=3)cc1. The number of hydrogen-bond acceptors (Lipinski definition) is 6. The minimum atomic E-state index is -0.486. The van der Waals surface area contributed by atoms with E-state index >= 15 is 0 Å². The van der Waals surface area contributed by atoms with Gasteiger partial charge in [0, 0.05) is 12.8 Å². The second kappa shape index (κ2) is 9.50. The van der Waals surface area contributed by atoms with E-state index in [9.17, 15) is 9.90 Å². The van der Waals surface area contributed by atoms with Gasteiger partial charge in [-0.05, 0) is 49.6 Å². The number of fused-ring (bicyclic) bond motifs is 1. The predicted octanol–water partition coefficient (Wildman–Crippen LogP) is 2.47. The summed E-state index contributed by atoms with van der Waals surface area (Å²) < 4.78 is 11.3. The Hall–Kier alpha value is -2.94. The van der Waals surface area contributed by atoms with Crippen LogP contribution in [0.1, 0.15) is 32.8 Å². The molecule has 1 aliphatic carbocycles. The highest BCUT2D eigenvalue weighted by molar-refractivity contribution is 6.24. The van der Waals surface area contributed by atoms with Gasteiger partial charge in [0.15, 0.2) is 5.49 Å². The van der Waals surface area contributed by atoms with Crippen LogP contribution in [0.2, 0.25) is 0 Å². The number of H-pyrrole nitrogens is 1. The van der Waals surface area contributed by atoms with Gasteiger partial charge in [0.05, 0.1) is 47.5 Å². The molecule has 1 aromatic carbocycles. The molecule has 0 spiro atoms. The summed E-state index contributed by atoms with van der Waals surface area (Å²) in [6.45, 7) is 6.60. The number of nitrogens with zero attached hydrogens (tertiary/aromatic N) is 2. The van der Waals surface area contributed by atoms with E-state index in [0.717, 1.165) is 22.9 Å². The van der Waals surface area contributed by atoms with Crippen LogP contribution in [0.25, 0.3) is 6.08 Å². The van der Waals surface area contributed by atoms with Gasteiger partial charge in [0.1, 0.15) is 5.75 Å². The van der Waals surface area contributed by atoms with E-state index in [0.29, 0.717) is 30.5 Å². The number of imidazole rings is 1. The van der Waals surface area contributed by atoms with Gasteiger partial charge in [-0.25, -0.2) is 0 Å². The number of benzene rings is 1. The fourth-order valence-electron chi connectivity index (χ4n) is 4.97. The highest BCUT2D eigenvalue weighted by Crippen LogP contribution is 2.39. The lowest BCUT2D eigenvalue weighted by Gasteiger charge is -2.42. The number of carbonyl (C=O) groups excluding carboxylic acids is 1. The van der Waals surface area contributed by atoms with Crippen LogP contribution in [0.3, 0.4) is 0 Å². The molecule has 3 aliphatic rings. The van der Waals surface area contributed by atoms with Crippen molar-refractivity contribution in [2.24, 2.45) is 16.3 Å². The van der Waals surface area contributed by atoms with E-state index in [4.69, 9.17) is 26.1 Å². The number of allylic oxidation sites excluding steroid dienone is 2. The fourth-order valence-corrected chi connectivity index (χ4v) is 5.33. The van der Waals surface area contributed by atoms with Gasteiger partial charge in [-0.1, -0.05) is 30.4 Å². The maximum absolute atomic E-state index is 11.5. The van der Waals surface area contributed by atoms with Gasteiger partial charge in [0.25, 0.3) is 0 Å². The normalized spacial score (nSPS) is 24.5. The van der Waals surface area contributed by atoms with Crippen molar-refractivity contribution in [1.82, 2.24) is 15.3 Å². The average molecular weight is 511 g/mol. The van der Waals surface area contributed by atoms with Crippen molar-refractivity contribution in [2.45, 2.75) is 44.1 Å². The Bertz CT molecular complexity index is 1320. The van der Waals surface area contributed by atoms with E-state index in [1.54, 1.807) is 0 Å². The first-order valence-corrected chi connectivity index (χ1v) is 12.6. The van der Waals surface area contributed by atoms with Gasteiger partial charge < -0.3 is 24.9 Å². The third-order valence-electron chi connectivity index (χ3n) is 7.14. The second-order valence-electron chi connectivity index (χ2n) is 10.3. The number of halogens is 1. The first kappa shape index (κ1) is 24.7. The molecule has 0 radical (unpaired) electrons. The fraction of sp³-hybridized carbons (Fsp3) is 0.444. The summed E-state index contributed by atoms with van der Waals surface area (Å²) in [6.07, 6.45) is 9.13. The van der Waals surface area contributed by atoms with Crippen molar-refractivity contribution in [3.05, 3.63) is 64.5 Å². The highest BCUT2D eigenvalue weighted by atomic mass is 35.5. The monoisotopic (exact) mass is 510 g/mol. The number of nitrogens with one attached hydrogen (secondary N) is 2. The zero-order chi connectivity index (χ0) is 25.5. The van der Waals surface area contributed by atoms with Gasteiger partial charge in [-0.3, -0.25) is 9.79 Å². The molecule has 0 saturated carbocycles. The number of aliphatic hydroxyl groups excluding tert-OH is 1. The lowest BCUT2D eigenvalue weighted by molar-refractivity contribution is -0.120. The Morgan fingerprint density at radius 2 is 2.08 bits per heavy atom. The smallest absolute Gasteiger partial charge is 0.301 e. The quantitative estimate of drug-likeness (QED) is 0.496. The van der Waals surface area contributed by atoms with Gasteiger partial charge in [-0.15, -0.1) is 11.6 Å². The van der Waals surface area contributed by atoms with Crippen molar-refractivity contribution in [3.63, 3.8) is 0 Å². The van der Waals surface area contributed by atoms with Crippen molar-refractivity contribution in [1.29, 1.82) is 0 Å². The van der Waals surface area contributed by atoms with Crippen molar-refractivity contribution in [3.8, 4) is 11.8 Å². The number of hydrogen-bond donors (Lipinski definition) is 3. The predicted molar refractivity (Wildman–Crippen MR) is 136 cm³/mol. The molecule has 190 valence electrons. The number of aromatic amines is 1. The Labute approximate surface area is 214 Å². The molecule has 2 aliphatic heterocycles. The summed E-state index contributed by atoms with van der Waals surface area (Å²) in [5.74, 6) is 0.672. The van der Waals surface area contributed by atoms with Crippen LogP contribution in [0, 0.1) is 11.3 Å². The molecule has 0 bridgehead atoms. The lowest BCUT2D eigenvalue weighted by Crippen LogP contribution is -2.47. The van der Waals surface area contributed by atoms with Crippen LogP contribution in [0.5, 0.6) is 11.8 Å². The number of ether oxygens (including phenoxy) is 2. The molecular formula is C27H31ClN4O4. The molecule has 8 nitrogen and oxygen atoms in total. The van der Waals surface area contributed by atoms with Gasteiger partial charge in [0.2, 0.25) is 5.91 Å². The molecule has 1 amide bonds. The first-order valence-electron chi connectivity index (χ1n) is 12.1. The molecule has 1 aromatic heterocycles. The molecule has 36 heavy (non-hydrogen) atoms. The van der Waals surface area contributed by atoms with Crippen molar-refractivity contribution >= 4 is 23.6 Å². The van der Waals surface area contributed by atoms with E-state index in [1.807, 2.05) is 44.2 Å². The highest BCUT2D eigenvalue weighted by Gasteiger charge is 2.41. The van der Waals surface area contributed by atoms with E-state index < -0.39 is 5.54 Å². The zero-order valence-electron chi connectivity index (χ0n) is 20.6. The summed E-state index contributed by atoms with van der Waals surface area (Å²) in [5.41, 5.74) is 1.92. The maximum Gasteiger partial charge on any atom is 0.301 e. The van der Waals surface area contributed by atoms with Crippen LogP contribution in [0.4, 0.5) is 0 Å². The number of amides is 1.